The molecule has 1 saturated heterocycles. The molecule has 9 heteroatoms. The third-order valence-electron chi connectivity index (χ3n) is 4.49. The van der Waals surface area contributed by atoms with E-state index in [0.29, 0.717) is 19.2 Å². The second-order valence-electron chi connectivity index (χ2n) is 6.65. The number of hydrogen-bond acceptors (Lipinski definition) is 5. The van der Waals surface area contributed by atoms with Gasteiger partial charge in [0, 0.05) is 25.1 Å². The molecule has 2 aromatic rings. The molecule has 0 spiro atoms. The highest BCUT2D eigenvalue weighted by atomic mass is 32.2. The highest BCUT2D eigenvalue weighted by molar-refractivity contribution is 7.88. The summed E-state index contributed by atoms with van der Waals surface area (Å²) in [6, 6.07) is 10.3. The van der Waals surface area contributed by atoms with Crippen LogP contribution in [0.15, 0.2) is 42.5 Å². The summed E-state index contributed by atoms with van der Waals surface area (Å²) in [6.07, 6.45) is 0. The molecule has 3 rings (SSSR count). The van der Waals surface area contributed by atoms with Gasteiger partial charge >= 0.3 is 0 Å². The number of rotatable bonds is 8. The quantitative estimate of drug-likeness (QED) is 0.621. The maximum absolute atomic E-state index is 13.3. The number of hydrazine groups is 1. The van der Waals surface area contributed by atoms with Gasteiger partial charge in [-0.1, -0.05) is 12.1 Å². The number of halogens is 2. The zero-order valence-electron chi connectivity index (χ0n) is 15.4. The molecule has 1 fully saturated rings. The van der Waals surface area contributed by atoms with Gasteiger partial charge < -0.3 is 4.74 Å². The van der Waals surface area contributed by atoms with Crippen LogP contribution >= 0.6 is 0 Å². The second kappa shape index (κ2) is 8.95. The van der Waals surface area contributed by atoms with Crippen LogP contribution in [0.4, 0.5) is 8.78 Å². The first kappa shape index (κ1) is 20.7. The fourth-order valence-electron chi connectivity index (χ4n) is 3.22. The van der Waals surface area contributed by atoms with Crippen molar-refractivity contribution in [1.29, 1.82) is 0 Å². The molecule has 2 unspecified atom stereocenters. The van der Waals surface area contributed by atoms with Crippen molar-refractivity contribution in [2.75, 3.05) is 19.7 Å². The molecule has 0 amide bonds. The first-order valence-corrected chi connectivity index (χ1v) is 10.6. The van der Waals surface area contributed by atoms with Gasteiger partial charge in [0.2, 0.25) is 10.0 Å². The standard InChI is InChI=1S/C19H23F2N3O3S/c1-2-27-18-5-3-14(4-6-18)19-15(10-22-24-19)11-23-28(25,26)12-13-7-16(20)9-17(21)8-13/h3-9,15,19,22-24H,2,10-12H2,1H3. The molecule has 28 heavy (non-hydrogen) atoms. The van der Waals surface area contributed by atoms with Gasteiger partial charge in [0.1, 0.15) is 17.4 Å². The molecular formula is C19H23F2N3O3S. The highest BCUT2D eigenvalue weighted by Gasteiger charge is 2.29. The number of nitrogens with one attached hydrogen (secondary N) is 3. The first-order chi connectivity index (χ1) is 13.4. The summed E-state index contributed by atoms with van der Waals surface area (Å²) in [4.78, 5) is 0. The average molecular weight is 411 g/mol. The molecule has 0 saturated carbocycles. The Morgan fingerprint density at radius 1 is 1.14 bits per heavy atom. The summed E-state index contributed by atoms with van der Waals surface area (Å²) in [5.41, 5.74) is 7.27. The number of sulfonamides is 1. The third kappa shape index (κ3) is 5.48. The van der Waals surface area contributed by atoms with Crippen molar-refractivity contribution in [3.63, 3.8) is 0 Å². The number of hydrogen-bond donors (Lipinski definition) is 3. The Morgan fingerprint density at radius 2 is 1.82 bits per heavy atom. The van der Waals surface area contributed by atoms with Crippen LogP contribution in [0.1, 0.15) is 24.1 Å². The van der Waals surface area contributed by atoms with E-state index in [4.69, 9.17) is 4.74 Å². The van der Waals surface area contributed by atoms with Crippen molar-refractivity contribution < 1.29 is 21.9 Å². The maximum atomic E-state index is 13.3. The fraction of sp³-hybridized carbons (Fsp3) is 0.368. The SMILES string of the molecule is CCOc1ccc(C2NNCC2CNS(=O)(=O)Cc2cc(F)cc(F)c2)cc1. The zero-order chi connectivity index (χ0) is 20.1. The molecule has 3 N–H and O–H groups in total. The van der Waals surface area contributed by atoms with Crippen LogP contribution in [0, 0.1) is 17.6 Å². The van der Waals surface area contributed by atoms with Crippen LogP contribution in [0.5, 0.6) is 5.75 Å². The minimum absolute atomic E-state index is 0.0306. The van der Waals surface area contributed by atoms with Crippen LogP contribution in [0.25, 0.3) is 0 Å². The highest BCUT2D eigenvalue weighted by Crippen LogP contribution is 2.26. The van der Waals surface area contributed by atoms with Crippen molar-refractivity contribution in [1.82, 2.24) is 15.6 Å². The minimum atomic E-state index is -3.73. The number of benzene rings is 2. The Hall–Kier alpha value is -2.07. The van der Waals surface area contributed by atoms with E-state index in [0.717, 1.165) is 23.4 Å². The zero-order valence-corrected chi connectivity index (χ0v) is 16.2. The van der Waals surface area contributed by atoms with E-state index in [9.17, 15) is 17.2 Å². The van der Waals surface area contributed by atoms with Gasteiger partial charge in [-0.15, -0.1) is 0 Å². The topological polar surface area (TPSA) is 79.5 Å². The van der Waals surface area contributed by atoms with Crippen molar-refractivity contribution in [3.8, 4) is 5.75 Å². The lowest BCUT2D eigenvalue weighted by Gasteiger charge is -2.19. The Labute approximate surface area is 163 Å². The smallest absolute Gasteiger partial charge is 0.215 e. The van der Waals surface area contributed by atoms with Crippen LogP contribution in [0.2, 0.25) is 0 Å². The van der Waals surface area contributed by atoms with Crippen molar-refractivity contribution >= 4 is 10.0 Å². The summed E-state index contributed by atoms with van der Waals surface area (Å²) in [6.45, 7) is 3.27. The predicted octanol–water partition coefficient (Wildman–Crippen LogP) is 2.25. The average Bonchev–Trinajstić information content (AvgIpc) is 3.08. The summed E-state index contributed by atoms with van der Waals surface area (Å²) in [7, 11) is -3.73. The van der Waals surface area contributed by atoms with Gasteiger partial charge in [-0.3, -0.25) is 5.43 Å². The van der Waals surface area contributed by atoms with Gasteiger partial charge in [0.15, 0.2) is 0 Å². The fourth-order valence-corrected chi connectivity index (χ4v) is 4.39. The van der Waals surface area contributed by atoms with Crippen molar-refractivity contribution in [2.45, 2.75) is 18.7 Å². The second-order valence-corrected chi connectivity index (χ2v) is 8.46. The molecular weight excluding hydrogens is 388 g/mol. The Morgan fingerprint density at radius 3 is 2.46 bits per heavy atom. The molecule has 1 heterocycles. The molecule has 0 radical (unpaired) electrons. The molecule has 0 bridgehead atoms. The molecule has 152 valence electrons. The Kier molecular flexibility index (Phi) is 6.61. The van der Waals surface area contributed by atoms with E-state index < -0.39 is 27.4 Å². The van der Waals surface area contributed by atoms with Gasteiger partial charge in [0.25, 0.3) is 0 Å². The maximum Gasteiger partial charge on any atom is 0.215 e. The lowest BCUT2D eigenvalue weighted by atomic mass is 9.95. The lowest BCUT2D eigenvalue weighted by Crippen LogP contribution is -2.33. The van der Waals surface area contributed by atoms with Gasteiger partial charge in [0.05, 0.1) is 18.4 Å². The first-order valence-electron chi connectivity index (χ1n) is 9.00. The Balaban J connectivity index is 1.62. The summed E-state index contributed by atoms with van der Waals surface area (Å²) < 4.78 is 59.2. The molecule has 0 aliphatic carbocycles. The normalized spacial score (nSPS) is 19.7. The van der Waals surface area contributed by atoms with Crippen LogP contribution in [-0.2, 0) is 15.8 Å². The van der Waals surface area contributed by atoms with E-state index in [1.165, 1.54) is 0 Å². The van der Waals surface area contributed by atoms with Crippen molar-refractivity contribution in [2.24, 2.45) is 5.92 Å². The van der Waals surface area contributed by atoms with Crippen LogP contribution in [-0.4, -0.2) is 28.1 Å². The van der Waals surface area contributed by atoms with E-state index in [-0.39, 0.29) is 24.1 Å². The molecule has 2 aromatic carbocycles. The molecule has 1 aliphatic rings. The van der Waals surface area contributed by atoms with Crippen molar-refractivity contribution in [3.05, 3.63) is 65.2 Å². The van der Waals surface area contributed by atoms with Gasteiger partial charge in [-0.2, -0.15) is 0 Å². The minimum Gasteiger partial charge on any atom is -0.494 e. The van der Waals surface area contributed by atoms with E-state index in [2.05, 4.69) is 15.6 Å². The molecule has 2 atom stereocenters. The summed E-state index contributed by atoms with van der Waals surface area (Å²) in [5, 5.41) is 0. The van der Waals surface area contributed by atoms with E-state index in [1.54, 1.807) is 0 Å². The molecule has 0 aromatic heterocycles. The monoisotopic (exact) mass is 411 g/mol. The molecule has 1 aliphatic heterocycles. The Bertz CT molecular complexity index is 887. The molecule has 6 nitrogen and oxygen atoms in total. The van der Waals surface area contributed by atoms with Gasteiger partial charge in [-0.05, 0) is 42.3 Å². The third-order valence-corrected chi connectivity index (χ3v) is 5.81. The van der Waals surface area contributed by atoms with Crippen LogP contribution < -0.4 is 20.3 Å². The largest absolute Gasteiger partial charge is 0.494 e. The lowest BCUT2D eigenvalue weighted by molar-refractivity contribution is 0.340. The number of ether oxygens (including phenoxy) is 1. The van der Waals surface area contributed by atoms with E-state index in [1.807, 2.05) is 31.2 Å². The summed E-state index contributed by atoms with van der Waals surface area (Å²) in [5.74, 6) is -1.34. The summed E-state index contributed by atoms with van der Waals surface area (Å²) >= 11 is 0. The van der Waals surface area contributed by atoms with Gasteiger partial charge in [-0.25, -0.2) is 27.3 Å². The van der Waals surface area contributed by atoms with E-state index >= 15 is 0 Å². The predicted molar refractivity (Wildman–Crippen MR) is 102 cm³/mol. The van der Waals surface area contributed by atoms with Crippen LogP contribution in [0.3, 0.4) is 0 Å².